The lowest BCUT2D eigenvalue weighted by molar-refractivity contribution is -0.141. The molecule has 6 rings (SSSR count). The molecule has 1 aromatic carbocycles. The molecule has 1 saturated heterocycles. The van der Waals surface area contributed by atoms with Crippen LogP contribution >= 0.6 is 0 Å². The zero-order chi connectivity index (χ0) is 37.3. The van der Waals surface area contributed by atoms with Crippen molar-refractivity contribution in [1.82, 2.24) is 30.0 Å². The van der Waals surface area contributed by atoms with Gasteiger partial charge in [-0.15, -0.1) is 0 Å². The molecule has 3 fully saturated rings. The third-order valence-electron chi connectivity index (χ3n) is 9.68. The van der Waals surface area contributed by atoms with Crippen molar-refractivity contribution < 1.29 is 41.9 Å². The molecule has 2 saturated carbocycles. The van der Waals surface area contributed by atoms with Crippen LogP contribution in [0, 0.1) is 5.92 Å². The minimum atomic E-state index is -3.91. The van der Waals surface area contributed by atoms with Crippen molar-refractivity contribution in [2.45, 2.75) is 113 Å². The number of rotatable bonds is 7. The first kappa shape index (κ1) is 37.0. The van der Waals surface area contributed by atoms with Crippen LogP contribution in [0.4, 0.5) is 4.79 Å². The third kappa shape index (κ3) is 8.65. The molecule has 15 nitrogen and oxygen atoms in total. The molecule has 1 aromatic heterocycles. The maximum atomic E-state index is 14.3. The fraction of sp³-hybridized carbons (Fsp3) is 0.556. The summed E-state index contributed by atoms with van der Waals surface area (Å²) in [6, 6.07) is 6.12. The van der Waals surface area contributed by atoms with E-state index < -0.39 is 80.3 Å². The van der Waals surface area contributed by atoms with E-state index in [4.69, 9.17) is 9.47 Å². The Morgan fingerprint density at radius 2 is 1.79 bits per heavy atom. The number of benzene rings is 1. The molecule has 2 aromatic rings. The normalized spacial score (nSPS) is 26.9. The van der Waals surface area contributed by atoms with Crippen LogP contribution < -0.4 is 15.4 Å². The van der Waals surface area contributed by atoms with Crippen molar-refractivity contribution in [3.8, 4) is 5.69 Å². The summed E-state index contributed by atoms with van der Waals surface area (Å²) in [4.78, 5) is 69.6. The summed E-state index contributed by atoms with van der Waals surface area (Å²) in [7, 11) is -3.91. The summed E-state index contributed by atoms with van der Waals surface area (Å²) in [5.41, 5.74) is -1.38. The Morgan fingerprint density at radius 3 is 2.46 bits per heavy atom. The predicted molar refractivity (Wildman–Crippen MR) is 187 cm³/mol. The summed E-state index contributed by atoms with van der Waals surface area (Å²) < 4.78 is 40.6. The fourth-order valence-corrected chi connectivity index (χ4v) is 8.05. The quantitative estimate of drug-likeness (QED) is 0.281. The van der Waals surface area contributed by atoms with Gasteiger partial charge in [0.05, 0.1) is 23.0 Å². The van der Waals surface area contributed by atoms with Gasteiger partial charge in [-0.05, 0) is 89.6 Å². The van der Waals surface area contributed by atoms with E-state index in [1.54, 1.807) is 68.2 Å². The van der Waals surface area contributed by atoms with Gasteiger partial charge in [0.25, 0.3) is 5.91 Å². The third-order valence-corrected chi connectivity index (χ3v) is 11.5. The van der Waals surface area contributed by atoms with Crippen molar-refractivity contribution >= 4 is 39.8 Å². The Kier molecular flexibility index (Phi) is 10.5. The molecule has 0 spiro atoms. The lowest BCUT2D eigenvalue weighted by atomic mass is 10.0. The first-order chi connectivity index (χ1) is 24.6. The molecule has 2 aliphatic carbocycles. The first-order valence-corrected chi connectivity index (χ1v) is 19.4. The number of esters is 1. The molecule has 52 heavy (non-hydrogen) atoms. The monoisotopic (exact) mass is 738 g/mol. The molecule has 0 radical (unpaired) electrons. The van der Waals surface area contributed by atoms with E-state index in [1.165, 1.54) is 4.90 Å². The molecule has 3 N–H and O–H groups in total. The number of aromatic nitrogens is 2. The number of sulfonamides is 1. The second-order valence-electron chi connectivity index (χ2n) is 15.0. The molecular formula is C36H46N6O9S. The second kappa shape index (κ2) is 14.7. The topological polar surface area (TPSA) is 195 Å². The van der Waals surface area contributed by atoms with Crippen LogP contribution in [0.15, 0.2) is 54.9 Å². The Hall–Kier alpha value is -4.73. The zero-order valence-electron chi connectivity index (χ0n) is 29.6. The lowest BCUT2D eigenvalue weighted by Crippen LogP contribution is -2.58. The smallest absolute Gasteiger partial charge is 0.408 e. The Morgan fingerprint density at radius 1 is 1.04 bits per heavy atom. The van der Waals surface area contributed by atoms with Gasteiger partial charge in [0.15, 0.2) is 0 Å². The van der Waals surface area contributed by atoms with Crippen LogP contribution in [0.1, 0.15) is 88.9 Å². The van der Waals surface area contributed by atoms with E-state index in [0.717, 1.165) is 18.5 Å². The van der Waals surface area contributed by atoms with Crippen LogP contribution in [0.3, 0.4) is 0 Å². The standard InChI is InChI=1S/C36H46N6O9S/c1-35(2,3)51-34(47)38-28-11-8-6-4-5-7-10-24-21-36(24,33(46)40-52(48,49)27-16-17-27)39-30(43)29-20-26(22-41(29)31(28)44)50-32(45)23-12-14-25(15-13-23)42-19-9-18-37-42/h7,9-10,12-15,18-19,24,26-29H,4-6,8,11,16-17,20-22H2,1-3H3,(H,38,47)(H,39,43)(H,40,46). The summed E-state index contributed by atoms with van der Waals surface area (Å²) in [6.07, 6.45) is 9.49. The van der Waals surface area contributed by atoms with Gasteiger partial charge in [0, 0.05) is 24.7 Å². The van der Waals surface area contributed by atoms with Crippen LogP contribution in [-0.4, -0.2) is 94.0 Å². The number of alkyl carbamates (subject to hydrolysis) is 1. The predicted octanol–water partition coefficient (Wildman–Crippen LogP) is 2.90. The van der Waals surface area contributed by atoms with Crippen LogP contribution in [0.25, 0.3) is 5.69 Å². The zero-order valence-corrected chi connectivity index (χ0v) is 30.4. The molecular weight excluding hydrogens is 692 g/mol. The van der Waals surface area contributed by atoms with Gasteiger partial charge in [-0.25, -0.2) is 22.7 Å². The molecule has 2 aliphatic heterocycles. The average molecular weight is 739 g/mol. The van der Waals surface area contributed by atoms with Crippen molar-refractivity contribution in [2.24, 2.45) is 5.92 Å². The number of hydrogen-bond acceptors (Lipinski definition) is 10. The Balaban J connectivity index is 1.25. The number of nitrogens with zero attached hydrogens (tertiary/aromatic N) is 3. The number of carbonyl (C=O) groups excluding carboxylic acids is 5. The highest BCUT2D eigenvalue weighted by Crippen LogP contribution is 2.46. The highest BCUT2D eigenvalue weighted by molar-refractivity contribution is 7.91. The number of fused-ring (bicyclic) bond motifs is 2. The van der Waals surface area contributed by atoms with Crippen molar-refractivity contribution in [3.63, 3.8) is 0 Å². The molecule has 16 heteroatoms. The van der Waals surface area contributed by atoms with E-state index >= 15 is 0 Å². The van der Waals surface area contributed by atoms with Crippen LogP contribution in [0.2, 0.25) is 0 Å². The Bertz CT molecular complexity index is 1820. The summed E-state index contributed by atoms with van der Waals surface area (Å²) in [5.74, 6) is -3.21. The van der Waals surface area contributed by atoms with E-state index in [9.17, 15) is 32.4 Å². The molecule has 3 heterocycles. The largest absolute Gasteiger partial charge is 0.457 e. The number of amides is 4. The van der Waals surface area contributed by atoms with E-state index in [-0.39, 0.29) is 31.4 Å². The number of nitrogens with one attached hydrogen (secondary N) is 3. The van der Waals surface area contributed by atoms with Gasteiger partial charge in [-0.1, -0.05) is 25.0 Å². The van der Waals surface area contributed by atoms with Gasteiger partial charge in [0.1, 0.15) is 29.3 Å². The highest BCUT2D eigenvalue weighted by atomic mass is 32.2. The van der Waals surface area contributed by atoms with Gasteiger partial charge >= 0.3 is 12.1 Å². The molecule has 5 unspecified atom stereocenters. The lowest BCUT2D eigenvalue weighted by Gasteiger charge is -2.30. The van der Waals surface area contributed by atoms with E-state index in [0.29, 0.717) is 25.7 Å². The molecule has 280 valence electrons. The van der Waals surface area contributed by atoms with Crippen molar-refractivity contribution in [2.75, 3.05) is 6.54 Å². The number of hydrogen-bond donors (Lipinski definition) is 3. The maximum Gasteiger partial charge on any atom is 0.408 e. The van der Waals surface area contributed by atoms with Crippen LogP contribution in [0.5, 0.6) is 0 Å². The minimum absolute atomic E-state index is 0.0909. The van der Waals surface area contributed by atoms with Crippen molar-refractivity contribution in [1.29, 1.82) is 0 Å². The summed E-state index contributed by atoms with van der Waals surface area (Å²) in [6.45, 7) is 4.96. The highest BCUT2D eigenvalue weighted by Gasteiger charge is 2.62. The van der Waals surface area contributed by atoms with Gasteiger partial charge in [-0.3, -0.25) is 19.1 Å². The van der Waals surface area contributed by atoms with Crippen LogP contribution in [-0.2, 0) is 33.9 Å². The molecule has 4 aliphatic rings. The maximum absolute atomic E-state index is 14.3. The number of ether oxygens (including phenoxy) is 2. The molecule has 4 amide bonds. The molecule has 0 bridgehead atoms. The van der Waals surface area contributed by atoms with Crippen molar-refractivity contribution in [3.05, 3.63) is 60.4 Å². The summed E-state index contributed by atoms with van der Waals surface area (Å²) in [5, 5.41) is 9.02. The van der Waals surface area contributed by atoms with Gasteiger partial charge < -0.3 is 25.0 Å². The molecule has 5 atom stereocenters. The van der Waals surface area contributed by atoms with Gasteiger partial charge in [0.2, 0.25) is 21.8 Å². The fourth-order valence-electron chi connectivity index (χ4n) is 6.69. The van der Waals surface area contributed by atoms with Gasteiger partial charge in [-0.2, -0.15) is 5.10 Å². The average Bonchev–Trinajstić information content (AvgIpc) is 3.94. The minimum Gasteiger partial charge on any atom is -0.457 e. The summed E-state index contributed by atoms with van der Waals surface area (Å²) >= 11 is 0. The Labute approximate surface area is 302 Å². The first-order valence-electron chi connectivity index (χ1n) is 17.8. The SMILES string of the molecule is CC(C)(C)OC(=O)NC1CCCCCC=CC2CC2(C(=O)NS(=O)(=O)C2CC2)NC(=O)C2CC(OC(=O)c3ccc(-n4cccn4)cc3)CN2C1=O. The second-order valence-corrected chi connectivity index (χ2v) is 16.9. The van der Waals surface area contributed by atoms with E-state index in [2.05, 4.69) is 20.5 Å². The number of carbonyl (C=O) groups is 5. The number of allylic oxidation sites excluding steroid dienone is 1. The van der Waals surface area contributed by atoms with E-state index in [1.807, 2.05) is 12.2 Å².